The highest BCUT2D eigenvalue weighted by molar-refractivity contribution is 6.30. The Morgan fingerprint density at radius 3 is 2.71 bits per heavy atom. The normalized spacial score (nSPS) is 12.7. The van der Waals surface area contributed by atoms with Crippen molar-refractivity contribution >= 4 is 17.4 Å². The maximum absolute atomic E-state index is 5.79. The van der Waals surface area contributed by atoms with E-state index in [4.69, 9.17) is 11.6 Å². The molecule has 0 fully saturated rings. The van der Waals surface area contributed by atoms with Gasteiger partial charge in [0, 0.05) is 6.20 Å². The van der Waals surface area contributed by atoms with Gasteiger partial charge in [-0.05, 0) is 18.1 Å². The topological polar surface area (TPSA) is 55.6 Å². The van der Waals surface area contributed by atoms with Crippen LogP contribution in [0.1, 0.15) is 20.0 Å². The molecule has 0 aromatic carbocycles. The molecule has 1 atom stereocenters. The minimum absolute atomic E-state index is 0.0196. The van der Waals surface area contributed by atoms with Gasteiger partial charge in [0.1, 0.15) is 24.6 Å². The summed E-state index contributed by atoms with van der Waals surface area (Å²) in [5.74, 6) is 1.12. The Balaban J connectivity index is 2.16. The number of pyridine rings is 1. The Morgan fingerprint density at radius 1 is 1.35 bits per heavy atom. The van der Waals surface area contributed by atoms with Crippen LogP contribution in [-0.4, -0.2) is 19.7 Å². The van der Waals surface area contributed by atoms with Gasteiger partial charge in [-0.15, -0.1) is 0 Å². The first kappa shape index (κ1) is 11.9. The van der Waals surface area contributed by atoms with Crippen molar-refractivity contribution in [1.29, 1.82) is 0 Å². The first-order valence-electron chi connectivity index (χ1n) is 5.39. The first-order valence-corrected chi connectivity index (χ1v) is 5.77. The van der Waals surface area contributed by atoms with Crippen molar-refractivity contribution in [2.24, 2.45) is 5.92 Å². The molecule has 0 unspecified atom stereocenters. The number of hydrogen-bond donors (Lipinski definition) is 1. The quantitative estimate of drug-likeness (QED) is 0.908. The van der Waals surface area contributed by atoms with E-state index in [9.17, 15) is 0 Å². The Bertz CT molecular complexity index is 451. The van der Waals surface area contributed by atoms with Crippen LogP contribution in [0.25, 0.3) is 0 Å². The van der Waals surface area contributed by atoms with Crippen LogP contribution in [0, 0.1) is 5.92 Å². The van der Waals surface area contributed by atoms with Gasteiger partial charge in [0.15, 0.2) is 0 Å². The van der Waals surface area contributed by atoms with E-state index in [0.29, 0.717) is 10.9 Å². The van der Waals surface area contributed by atoms with Gasteiger partial charge in [0.25, 0.3) is 0 Å². The van der Waals surface area contributed by atoms with Crippen LogP contribution in [0.15, 0.2) is 31.0 Å². The number of nitrogens with zero attached hydrogens (tertiary/aromatic N) is 4. The molecule has 5 nitrogen and oxygen atoms in total. The number of nitrogens with one attached hydrogen (secondary N) is 1. The summed E-state index contributed by atoms with van der Waals surface area (Å²) in [6.07, 6.45) is 4.84. The van der Waals surface area contributed by atoms with Gasteiger partial charge in [0.05, 0.1) is 5.02 Å². The summed E-state index contributed by atoms with van der Waals surface area (Å²) >= 11 is 5.79. The van der Waals surface area contributed by atoms with E-state index in [2.05, 4.69) is 34.2 Å². The molecule has 1 N–H and O–H groups in total. The summed E-state index contributed by atoms with van der Waals surface area (Å²) in [5, 5.41) is 8.06. The molecule has 0 saturated heterocycles. The maximum atomic E-state index is 5.79. The average molecular weight is 252 g/mol. The zero-order chi connectivity index (χ0) is 12.3. The van der Waals surface area contributed by atoms with Gasteiger partial charge in [0.2, 0.25) is 0 Å². The predicted molar refractivity (Wildman–Crippen MR) is 66.8 cm³/mol. The SMILES string of the molecule is CC(C)[C@H](Nc1ccc(Cl)cn1)n1cncn1. The Labute approximate surface area is 105 Å². The molecule has 0 bridgehead atoms. The molecule has 0 aliphatic heterocycles. The van der Waals surface area contributed by atoms with Crippen molar-refractivity contribution in [3.63, 3.8) is 0 Å². The molecule has 90 valence electrons. The highest BCUT2D eigenvalue weighted by Crippen LogP contribution is 2.19. The molecule has 0 amide bonds. The molecule has 0 aliphatic rings. The van der Waals surface area contributed by atoms with Crippen molar-refractivity contribution in [1.82, 2.24) is 19.7 Å². The third kappa shape index (κ3) is 2.94. The largest absolute Gasteiger partial charge is 0.348 e. The second-order valence-electron chi connectivity index (χ2n) is 4.07. The molecule has 2 aromatic rings. The van der Waals surface area contributed by atoms with Gasteiger partial charge in [-0.3, -0.25) is 0 Å². The summed E-state index contributed by atoms with van der Waals surface area (Å²) in [6, 6.07) is 3.64. The van der Waals surface area contributed by atoms with Crippen molar-refractivity contribution in [2.75, 3.05) is 5.32 Å². The molecular weight excluding hydrogens is 238 g/mol. The van der Waals surface area contributed by atoms with Crippen LogP contribution in [0.3, 0.4) is 0 Å². The third-order valence-electron chi connectivity index (χ3n) is 2.38. The summed E-state index contributed by atoms with van der Waals surface area (Å²) in [4.78, 5) is 8.16. The molecule has 0 radical (unpaired) electrons. The van der Waals surface area contributed by atoms with Crippen LogP contribution in [0.5, 0.6) is 0 Å². The van der Waals surface area contributed by atoms with E-state index in [1.54, 1.807) is 23.3 Å². The first-order chi connectivity index (χ1) is 8.16. The lowest BCUT2D eigenvalue weighted by molar-refractivity contribution is 0.384. The van der Waals surface area contributed by atoms with Crippen LogP contribution >= 0.6 is 11.6 Å². The summed E-state index contributed by atoms with van der Waals surface area (Å²) in [7, 11) is 0. The van der Waals surface area contributed by atoms with Crippen molar-refractivity contribution in [3.05, 3.63) is 36.0 Å². The second-order valence-corrected chi connectivity index (χ2v) is 4.51. The molecule has 2 rings (SSSR count). The predicted octanol–water partition coefficient (Wildman–Crippen LogP) is 2.59. The van der Waals surface area contributed by atoms with Crippen LogP contribution in [0.2, 0.25) is 5.02 Å². The fraction of sp³-hybridized carbons (Fsp3) is 0.364. The van der Waals surface area contributed by atoms with Crippen molar-refractivity contribution in [3.8, 4) is 0 Å². The molecule has 0 saturated carbocycles. The lowest BCUT2D eigenvalue weighted by Crippen LogP contribution is -2.24. The molecule has 0 aliphatic carbocycles. The maximum Gasteiger partial charge on any atom is 0.137 e. The molecule has 2 heterocycles. The highest BCUT2D eigenvalue weighted by atomic mass is 35.5. The minimum atomic E-state index is 0.0196. The summed E-state index contributed by atoms with van der Waals surface area (Å²) in [5.41, 5.74) is 0. The third-order valence-corrected chi connectivity index (χ3v) is 2.60. The average Bonchev–Trinajstić information content (AvgIpc) is 2.81. The second kappa shape index (κ2) is 5.14. The van der Waals surface area contributed by atoms with Gasteiger partial charge < -0.3 is 5.32 Å². The lowest BCUT2D eigenvalue weighted by atomic mass is 10.1. The van der Waals surface area contributed by atoms with Crippen molar-refractivity contribution in [2.45, 2.75) is 20.0 Å². The number of halogens is 1. The minimum Gasteiger partial charge on any atom is -0.348 e. The Hall–Kier alpha value is -1.62. The summed E-state index contributed by atoms with van der Waals surface area (Å²) in [6.45, 7) is 4.21. The van der Waals surface area contributed by atoms with Gasteiger partial charge in [-0.25, -0.2) is 14.6 Å². The van der Waals surface area contributed by atoms with Crippen molar-refractivity contribution < 1.29 is 0 Å². The fourth-order valence-electron chi connectivity index (χ4n) is 1.51. The molecule has 6 heteroatoms. The van der Waals surface area contributed by atoms with E-state index in [0.717, 1.165) is 5.82 Å². The fourth-order valence-corrected chi connectivity index (χ4v) is 1.62. The Kier molecular flexibility index (Phi) is 3.58. The van der Waals surface area contributed by atoms with Crippen LogP contribution in [0.4, 0.5) is 5.82 Å². The van der Waals surface area contributed by atoms with E-state index in [1.807, 2.05) is 6.07 Å². The van der Waals surface area contributed by atoms with Gasteiger partial charge in [-0.2, -0.15) is 5.10 Å². The molecular formula is C11H14ClN5. The Morgan fingerprint density at radius 2 is 2.18 bits per heavy atom. The van der Waals surface area contributed by atoms with Crippen LogP contribution < -0.4 is 5.32 Å². The zero-order valence-electron chi connectivity index (χ0n) is 9.71. The number of rotatable bonds is 4. The van der Waals surface area contributed by atoms with E-state index in [1.165, 1.54) is 6.33 Å². The molecule has 17 heavy (non-hydrogen) atoms. The monoisotopic (exact) mass is 251 g/mol. The van der Waals surface area contributed by atoms with Gasteiger partial charge in [-0.1, -0.05) is 25.4 Å². The molecule has 2 aromatic heterocycles. The number of hydrogen-bond acceptors (Lipinski definition) is 4. The number of anilines is 1. The van der Waals surface area contributed by atoms with E-state index >= 15 is 0 Å². The smallest absolute Gasteiger partial charge is 0.137 e. The highest BCUT2D eigenvalue weighted by Gasteiger charge is 2.16. The van der Waals surface area contributed by atoms with E-state index in [-0.39, 0.29) is 6.17 Å². The number of aromatic nitrogens is 4. The zero-order valence-corrected chi connectivity index (χ0v) is 10.5. The lowest BCUT2D eigenvalue weighted by Gasteiger charge is -2.22. The summed E-state index contributed by atoms with van der Waals surface area (Å²) < 4.78 is 1.78. The van der Waals surface area contributed by atoms with E-state index < -0.39 is 0 Å². The standard InChI is InChI=1S/C11H14ClN5/c1-8(2)11(17-7-13-6-15-17)16-10-4-3-9(12)5-14-10/h3-8,11H,1-2H3,(H,14,16)/t11-/m1/s1. The molecule has 0 spiro atoms. The van der Waals surface area contributed by atoms with Gasteiger partial charge >= 0.3 is 0 Å². The van der Waals surface area contributed by atoms with Crippen LogP contribution in [-0.2, 0) is 0 Å².